The SMILES string of the molecule is COCC(NCCS(N)(=O)=O)C(C)C. The Balaban J connectivity index is 3.83. The second kappa shape index (κ2) is 6.34. The lowest BCUT2D eigenvalue weighted by Crippen LogP contribution is -2.40. The summed E-state index contributed by atoms with van der Waals surface area (Å²) in [5, 5.41) is 7.97. The van der Waals surface area contributed by atoms with Gasteiger partial charge in [-0.2, -0.15) is 0 Å². The smallest absolute Gasteiger partial charge is 0.210 e. The first-order valence-corrected chi connectivity index (χ1v) is 6.31. The highest BCUT2D eigenvalue weighted by Crippen LogP contribution is 2.01. The summed E-state index contributed by atoms with van der Waals surface area (Å²) in [5.41, 5.74) is 0. The van der Waals surface area contributed by atoms with Crippen LogP contribution >= 0.6 is 0 Å². The van der Waals surface area contributed by atoms with Crippen LogP contribution in [0.2, 0.25) is 0 Å². The Labute approximate surface area is 86.1 Å². The summed E-state index contributed by atoms with van der Waals surface area (Å²) in [5.74, 6) is 0.357. The fraction of sp³-hybridized carbons (Fsp3) is 1.00. The third kappa shape index (κ3) is 7.25. The fourth-order valence-corrected chi connectivity index (χ4v) is 1.46. The number of methoxy groups -OCH3 is 1. The topological polar surface area (TPSA) is 81.4 Å². The molecule has 0 amide bonds. The lowest BCUT2D eigenvalue weighted by Gasteiger charge is -2.21. The van der Waals surface area contributed by atoms with Gasteiger partial charge in [-0.15, -0.1) is 0 Å². The number of primary sulfonamides is 1. The van der Waals surface area contributed by atoms with Gasteiger partial charge in [0.05, 0.1) is 12.4 Å². The number of nitrogens with two attached hydrogens (primary N) is 1. The highest BCUT2D eigenvalue weighted by atomic mass is 32.2. The molecule has 0 heterocycles. The quantitative estimate of drug-likeness (QED) is 0.613. The molecule has 0 fully saturated rings. The van der Waals surface area contributed by atoms with Crippen LogP contribution in [0.1, 0.15) is 13.8 Å². The monoisotopic (exact) mass is 224 g/mol. The standard InChI is InChI=1S/C8H20N2O3S/c1-7(2)8(6-13-3)10-4-5-14(9,11)12/h7-8,10H,4-6H2,1-3H3,(H2,9,11,12). The van der Waals surface area contributed by atoms with Gasteiger partial charge in [-0.05, 0) is 5.92 Å². The summed E-state index contributed by atoms with van der Waals surface area (Å²) in [6.07, 6.45) is 0. The van der Waals surface area contributed by atoms with Crippen molar-refractivity contribution >= 4 is 10.0 Å². The van der Waals surface area contributed by atoms with E-state index in [0.29, 0.717) is 19.1 Å². The van der Waals surface area contributed by atoms with Crippen LogP contribution in [0.25, 0.3) is 0 Å². The number of hydrogen-bond donors (Lipinski definition) is 2. The maximum absolute atomic E-state index is 10.6. The lowest BCUT2D eigenvalue weighted by atomic mass is 10.1. The average Bonchev–Trinajstić information content (AvgIpc) is 2.00. The largest absolute Gasteiger partial charge is 0.383 e. The molecule has 3 N–H and O–H groups in total. The predicted octanol–water partition coefficient (Wildman–Crippen LogP) is -0.464. The summed E-state index contributed by atoms with van der Waals surface area (Å²) in [7, 11) is -1.74. The molecule has 0 saturated heterocycles. The third-order valence-corrected chi connectivity index (χ3v) is 2.72. The number of hydrogen-bond acceptors (Lipinski definition) is 4. The Morgan fingerprint density at radius 2 is 2.00 bits per heavy atom. The molecule has 0 radical (unpaired) electrons. The second-order valence-electron chi connectivity index (χ2n) is 3.63. The van der Waals surface area contributed by atoms with E-state index in [-0.39, 0.29) is 11.8 Å². The second-order valence-corrected chi connectivity index (χ2v) is 5.36. The first kappa shape index (κ1) is 13.8. The van der Waals surface area contributed by atoms with E-state index < -0.39 is 10.0 Å². The molecule has 0 saturated carbocycles. The molecule has 0 aromatic rings. The van der Waals surface area contributed by atoms with Crippen molar-refractivity contribution in [2.45, 2.75) is 19.9 Å². The summed E-state index contributed by atoms with van der Waals surface area (Å²) in [4.78, 5) is 0. The third-order valence-electron chi connectivity index (χ3n) is 1.94. The van der Waals surface area contributed by atoms with E-state index in [9.17, 15) is 8.42 Å². The molecular formula is C8H20N2O3S. The average molecular weight is 224 g/mol. The number of sulfonamides is 1. The van der Waals surface area contributed by atoms with Gasteiger partial charge in [0.15, 0.2) is 0 Å². The van der Waals surface area contributed by atoms with Crippen molar-refractivity contribution in [3.8, 4) is 0 Å². The van der Waals surface area contributed by atoms with E-state index in [1.54, 1.807) is 7.11 Å². The summed E-state index contributed by atoms with van der Waals surface area (Å²) < 4.78 is 26.3. The van der Waals surface area contributed by atoms with E-state index in [2.05, 4.69) is 5.32 Å². The van der Waals surface area contributed by atoms with Crippen LogP contribution in [-0.4, -0.2) is 40.5 Å². The molecule has 0 spiro atoms. The maximum Gasteiger partial charge on any atom is 0.210 e. The first-order valence-electron chi connectivity index (χ1n) is 4.59. The van der Waals surface area contributed by atoms with Crippen molar-refractivity contribution in [2.24, 2.45) is 11.1 Å². The van der Waals surface area contributed by atoms with E-state index in [4.69, 9.17) is 9.88 Å². The van der Waals surface area contributed by atoms with Crippen molar-refractivity contribution in [1.29, 1.82) is 0 Å². The van der Waals surface area contributed by atoms with Crippen molar-refractivity contribution in [3.05, 3.63) is 0 Å². The Kier molecular flexibility index (Phi) is 6.26. The Morgan fingerprint density at radius 3 is 2.36 bits per heavy atom. The molecule has 0 aromatic carbocycles. The van der Waals surface area contributed by atoms with Gasteiger partial charge in [0.25, 0.3) is 0 Å². The zero-order valence-electron chi connectivity index (χ0n) is 8.99. The van der Waals surface area contributed by atoms with E-state index >= 15 is 0 Å². The van der Waals surface area contributed by atoms with Crippen LogP contribution in [-0.2, 0) is 14.8 Å². The van der Waals surface area contributed by atoms with Gasteiger partial charge >= 0.3 is 0 Å². The Morgan fingerprint density at radius 1 is 1.43 bits per heavy atom. The summed E-state index contributed by atoms with van der Waals surface area (Å²) in [6.45, 7) is 5.04. The molecule has 0 aliphatic carbocycles. The molecule has 0 aliphatic heterocycles. The van der Waals surface area contributed by atoms with E-state index in [1.165, 1.54) is 0 Å². The van der Waals surface area contributed by atoms with Crippen molar-refractivity contribution in [1.82, 2.24) is 5.32 Å². The predicted molar refractivity (Wildman–Crippen MR) is 56.5 cm³/mol. The molecule has 0 aliphatic rings. The highest BCUT2D eigenvalue weighted by molar-refractivity contribution is 7.89. The van der Waals surface area contributed by atoms with Crippen molar-refractivity contribution in [2.75, 3.05) is 26.0 Å². The number of nitrogens with one attached hydrogen (secondary N) is 1. The molecule has 0 aromatic heterocycles. The van der Waals surface area contributed by atoms with Gasteiger partial charge in [0, 0.05) is 19.7 Å². The minimum absolute atomic E-state index is 0.0417. The summed E-state index contributed by atoms with van der Waals surface area (Å²) in [6, 6.07) is 0.168. The van der Waals surface area contributed by atoms with Gasteiger partial charge in [-0.1, -0.05) is 13.8 Å². The lowest BCUT2D eigenvalue weighted by molar-refractivity contribution is 0.148. The first-order chi connectivity index (χ1) is 6.37. The fourth-order valence-electron chi connectivity index (χ4n) is 1.05. The minimum atomic E-state index is -3.36. The van der Waals surface area contributed by atoms with Crippen LogP contribution in [0.4, 0.5) is 0 Å². The van der Waals surface area contributed by atoms with Crippen molar-refractivity contribution in [3.63, 3.8) is 0 Å². The minimum Gasteiger partial charge on any atom is -0.383 e. The maximum atomic E-state index is 10.6. The molecule has 0 bridgehead atoms. The van der Waals surface area contributed by atoms with Gasteiger partial charge < -0.3 is 10.1 Å². The molecule has 5 nitrogen and oxygen atoms in total. The van der Waals surface area contributed by atoms with Gasteiger partial charge in [-0.25, -0.2) is 13.6 Å². The molecule has 1 atom stereocenters. The van der Waals surface area contributed by atoms with Gasteiger partial charge in [0.1, 0.15) is 0 Å². The number of ether oxygens (including phenoxy) is 1. The zero-order chi connectivity index (χ0) is 11.2. The van der Waals surface area contributed by atoms with Crippen LogP contribution in [0.15, 0.2) is 0 Å². The van der Waals surface area contributed by atoms with E-state index in [1.807, 2.05) is 13.8 Å². The highest BCUT2D eigenvalue weighted by Gasteiger charge is 2.12. The molecule has 6 heteroatoms. The molecule has 86 valence electrons. The van der Waals surface area contributed by atoms with Crippen LogP contribution in [0.5, 0.6) is 0 Å². The van der Waals surface area contributed by atoms with Crippen molar-refractivity contribution < 1.29 is 13.2 Å². The Bertz CT molecular complexity index is 239. The van der Waals surface area contributed by atoms with E-state index in [0.717, 1.165) is 0 Å². The van der Waals surface area contributed by atoms with Gasteiger partial charge in [-0.3, -0.25) is 0 Å². The zero-order valence-corrected chi connectivity index (χ0v) is 9.80. The Hall–Kier alpha value is -0.170. The molecule has 0 rings (SSSR count). The molecule has 14 heavy (non-hydrogen) atoms. The van der Waals surface area contributed by atoms with Crippen LogP contribution in [0, 0.1) is 5.92 Å². The normalized spacial score (nSPS) is 14.6. The van der Waals surface area contributed by atoms with Crippen LogP contribution in [0.3, 0.4) is 0 Å². The molecule has 1 unspecified atom stereocenters. The van der Waals surface area contributed by atoms with Gasteiger partial charge in [0.2, 0.25) is 10.0 Å². The molecular weight excluding hydrogens is 204 g/mol. The summed E-state index contributed by atoms with van der Waals surface area (Å²) >= 11 is 0. The number of rotatable bonds is 7. The van der Waals surface area contributed by atoms with Crippen LogP contribution < -0.4 is 10.5 Å².